The van der Waals surface area contributed by atoms with Crippen molar-refractivity contribution >= 4 is 87.2 Å². The summed E-state index contributed by atoms with van der Waals surface area (Å²) in [6.07, 6.45) is -5.02. The summed E-state index contributed by atoms with van der Waals surface area (Å²) in [5.74, 6) is -1.80. The summed E-state index contributed by atoms with van der Waals surface area (Å²) in [5.41, 5.74) is 5.14. The van der Waals surface area contributed by atoms with Gasteiger partial charge in [0.05, 0.1) is 61.1 Å². The molecule has 0 N–H and O–H groups in total. The molecular weight excluding hydrogens is 884 g/mol. The molecule has 0 aliphatic rings. The van der Waals surface area contributed by atoms with Gasteiger partial charge in [-0.2, -0.15) is 13.2 Å². The van der Waals surface area contributed by atoms with E-state index in [1.165, 1.54) is 18.2 Å². The van der Waals surface area contributed by atoms with Crippen molar-refractivity contribution in [3.8, 4) is 33.9 Å². The van der Waals surface area contributed by atoms with Crippen molar-refractivity contribution in [2.24, 2.45) is 0 Å². The lowest BCUT2D eigenvalue weighted by Crippen LogP contribution is -2.16. The average Bonchev–Trinajstić information content (AvgIpc) is 4.11. The van der Waals surface area contributed by atoms with Gasteiger partial charge in [0, 0.05) is 54.5 Å². The topological polar surface area (TPSA) is 19.7 Å². The second kappa shape index (κ2) is 14.8. The summed E-state index contributed by atoms with van der Waals surface area (Å²) in [4.78, 5) is 0. The molecule has 14 rings (SSSR count). The van der Waals surface area contributed by atoms with Gasteiger partial charge in [-0.15, -0.1) is 0 Å². The molecule has 0 fully saturated rings. The second-order valence-corrected chi connectivity index (χ2v) is 17.8. The van der Waals surface area contributed by atoms with Gasteiger partial charge in [0.25, 0.3) is 0 Å². The first-order chi connectivity index (χ1) is 34.3. The van der Waals surface area contributed by atoms with Crippen LogP contribution in [0.5, 0.6) is 0 Å². The van der Waals surface area contributed by atoms with E-state index >= 15 is 22.0 Å². The fraction of sp³-hybridized carbons (Fsp3) is 0.0164. The van der Waals surface area contributed by atoms with Crippen LogP contribution in [0.3, 0.4) is 0 Å². The Balaban J connectivity index is 1.22. The highest BCUT2D eigenvalue weighted by atomic mass is 19.4. The van der Waals surface area contributed by atoms with Crippen LogP contribution in [0.25, 0.3) is 121 Å². The minimum atomic E-state index is -5.02. The minimum absolute atomic E-state index is 0.0526. The minimum Gasteiger partial charge on any atom is -0.309 e. The molecule has 4 heterocycles. The first-order valence-electron chi connectivity index (χ1n) is 23.0. The van der Waals surface area contributed by atoms with Crippen molar-refractivity contribution in [2.45, 2.75) is 6.18 Å². The molecule has 0 aliphatic heterocycles. The summed E-state index contributed by atoms with van der Waals surface area (Å²) >= 11 is 0. The van der Waals surface area contributed by atoms with E-state index in [0.29, 0.717) is 22.1 Å². The quantitative estimate of drug-likeness (QED) is 0.153. The highest BCUT2D eigenvalue weighted by Crippen LogP contribution is 2.50. The Hall–Kier alpha value is -8.95. The predicted octanol–water partition coefficient (Wildman–Crippen LogP) is 17.0. The van der Waals surface area contributed by atoms with E-state index in [4.69, 9.17) is 0 Å². The van der Waals surface area contributed by atoms with Crippen molar-refractivity contribution < 1.29 is 22.0 Å². The SMILES string of the molecule is Fc1cccc(F)c1-c1cc(-n2c3ccccc3c3ccc4c(c5ccccc5n4-c4ccccc4)c32)c(C(F)(F)F)c(-n2c3ccccc3c3ccc4c(c5ccccc5n4-c4ccccc4)c32)c1. The molecule has 4 nitrogen and oxygen atoms in total. The molecule has 0 bridgehead atoms. The molecule has 0 aliphatic carbocycles. The summed E-state index contributed by atoms with van der Waals surface area (Å²) in [6.45, 7) is 0. The molecule has 0 amide bonds. The van der Waals surface area contributed by atoms with Crippen LogP contribution in [0, 0.1) is 11.6 Å². The summed E-state index contributed by atoms with van der Waals surface area (Å²) < 4.78 is 92.1. The van der Waals surface area contributed by atoms with E-state index in [-0.39, 0.29) is 16.9 Å². The van der Waals surface area contributed by atoms with Crippen LogP contribution in [-0.2, 0) is 6.18 Å². The van der Waals surface area contributed by atoms with Crippen LogP contribution in [0.15, 0.2) is 212 Å². The number of nitrogens with zero attached hydrogens (tertiary/aromatic N) is 4. The van der Waals surface area contributed by atoms with Gasteiger partial charge in [0.1, 0.15) is 17.2 Å². The highest BCUT2D eigenvalue weighted by Gasteiger charge is 2.40. The second-order valence-electron chi connectivity index (χ2n) is 17.8. The predicted molar refractivity (Wildman–Crippen MR) is 274 cm³/mol. The Morgan fingerprint density at radius 3 is 1.10 bits per heavy atom. The Kier molecular flexibility index (Phi) is 8.47. The molecule has 0 saturated heterocycles. The normalized spacial score (nSPS) is 12.4. The van der Waals surface area contributed by atoms with Crippen LogP contribution < -0.4 is 0 Å². The number of hydrogen-bond acceptors (Lipinski definition) is 0. The van der Waals surface area contributed by atoms with Crippen molar-refractivity contribution in [2.75, 3.05) is 0 Å². The van der Waals surface area contributed by atoms with Crippen LogP contribution in [-0.4, -0.2) is 18.3 Å². The van der Waals surface area contributed by atoms with Gasteiger partial charge in [0.15, 0.2) is 0 Å². The summed E-state index contributed by atoms with van der Waals surface area (Å²) in [5, 5.41) is 6.03. The molecule has 9 heteroatoms. The molecule has 0 spiro atoms. The lowest BCUT2D eigenvalue weighted by Gasteiger charge is -2.23. The Bertz CT molecular complexity index is 4210. The maximum absolute atomic E-state index is 17.2. The van der Waals surface area contributed by atoms with E-state index in [2.05, 4.69) is 9.13 Å². The Morgan fingerprint density at radius 2 is 0.686 bits per heavy atom. The monoisotopic (exact) mass is 918 g/mol. The first-order valence-corrected chi connectivity index (χ1v) is 23.0. The standard InChI is InChI=1S/C61H35F5N4/c62-45-24-15-25-46(63)55(45)36-34-53(69-47-26-11-7-20-39(47)41-30-32-51-56(59(41)69)43-22-9-13-28-49(43)67(51)37-16-3-1-4-17-37)58(61(64,65)66)54(35-36)70-48-27-12-8-21-40(48)42-31-33-52-57(60(42)70)44-23-10-14-29-50(44)68(52)38-18-5-2-6-19-38/h1-35H. The zero-order valence-electron chi connectivity index (χ0n) is 36.9. The summed E-state index contributed by atoms with van der Waals surface area (Å²) in [6, 6.07) is 64.5. The largest absolute Gasteiger partial charge is 0.420 e. The molecule has 70 heavy (non-hydrogen) atoms. The zero-order valence-corrected chi connectivity index (χ0v) is 36.9. The number of alkyl halides is 3. The van der Waals surface area contributed by atoms with Crippen molar-refractivity contribution in [1.82, 2.24) is 18.3 Å². The molecule has 0 unspecified atom stereocenters. The number of fused-ring (bicyclic) bond motifs is 14. The molecule has 0 atom stereocenters. The summed E-state index contributed by atoms with van der Waals surface area (Å²) in [7, 11) is 0. The molecule has 0 saturated carbocycles. The average molecular weight is 919 g/mol. The Labute approximate surface area is 395 Å². The van der Waals surface area contributed by atoms with Crippen LogP contribution in [0.1, 0.15) is 5.56 Å². The number of aromatic nitrogens is 4. The van der Waals surface area contributed by atoms with E-state index in [1.807, 2.05) is 182 Å². The number of benzene rings is 10. The molecule has 334 valence electrons. The molecular formula is C61H35F5N4. The molecule has 14 aromatic rings. The smallest absolute Gasteiger partial charge is 0.309 e. The van der Waals surface area contributed by atoms with E-state index in [0.717, 1.165) is 88.7 Å². The Morgan fingerprint density at radius 1 is 0.314 bits per heavy atom. The van der Waals surface area contributed by atoms with Crippen molar-refractivity contribution in [3.05, 3.63) is 230 Å². The first kappa shape index (κ1) is 40.1. The number of para-hydroxylation sites is 6. The van der Waals surface area contributed by atoms with Gasteiger partial charge in [-0.1, -0.05) is 127 Å². The van der Waals surface area contributed by atoms with E-state index in [9.17, 15) is 0 Å². The van der Waals surface area contributed by atoms with Gasteiger partial charge in [-0.3, -0.25) is 0 Å². The van der Waals surface area contributed by atoms with Crippen molar-refractivity contribution in [1.29, 1.82) is 0 Å². The van der Waals surface area contributed by atoms with Crippen LogP contribution in [0.4, 0.5) is 22.0 Å². The fourth-order valence-electron chi connectivity index (χ4n) is 11.4. The van der Waals surface area contributed by atoms with Gasteiger partial charge in [0.2, 0.25) is 0 Å². The zero-order chi connectivity index (χ0) is 47.0. The van der Waals surface area contributed by atoms with E-state index in [1.54, 1.807) is 9.13 Å². The fourth-order valence-corrected chi connectivity index (χ4v) is 11.4. The lowest BCUT2D eigenvalue weighted by atomic mass is 9.98. The van der Waals surface area contributed by atoms with Gasteiger partial charge < -0.3 is 18.3 Å². The van der Waals surface area contributed by atoms with Gasteiger partial charge >= 0.3 is 6.18 Å². The third-order valence-corrected chi connectivity index (χ3v) is 14.1. The molecule has 4 aromatic heterocycles. The maximum atomic E-state index is 17.2. The number of rotatable bonds is 5. The highest BCUT2D eigenvalue weighted by molar-refractivity contribution is 6.28. The molecule has 0 radical (unpaired) electrons. The maximum Gasteiger partial charge on any atom is 0.420 e. The lowest BCUT2D eigenvalue weighted by molar-refractivity contribution is -0.137. The number of hydrogen-bond donors (Lipinski definition) is 0. The third-order valence-electron chi connectivity index (χ3n) is 14.1. The molecule has 10 aromatic carbocycles. The van der Waals surface area contributed by atoms with Crippen LogP contribution in [0.2, 0.25) is 0 Å². The van der Waals surface area contributed by atoms with Crippen molar-refractivity contribution in [3.63, 3.8) is 0 Å². The number of halogens is 5. The van der Waals surface area contributed by atoms with Crippen LogP contribution >= 0.6 is 0 Å². The van der Waals surface area contributed by atoms with E-state index < -0.39 is 28.9 Å². The van der Waals surface area contributed by atoms with Gasteiger partial charge in [-0.05, 0) is 90.5 Å². The third kappa shape index (κ3) is 5.57. The van der Waals surface area contributed by atoms with Gasteiger partial charge in [-0.25, -0.2) is 8.78 Å².